The van der Waals surface area contributed by atoms with Gasteiger partial charge in [-0.05, 0) is 37.8 Å². The SMILES string of the molecule is CC(NCc1ccc(C#N)cc1F)C1CCOCC1. The van der Waals surface area contributed by atoms with E-state index in [0.717, 1.165) is 26.1 Å². The molecule has 1 unspecified atom stereocenters. The lowest BCUT2D eigenvalue weighted by Gasteiger charge is -2.28. The molecular weight excluding hydrogens is 243 g/mol. The molecule has 1 aromatic rings. The first-order chi connectivity index (χ1) is 9.20. The molecule has 1 aliphatic rings. The summed E-state index contributed by atoms with van der Waals surface area (Å²) in [4.78, 5) is 0. The minimum atomic E-state index is -0.314. The fraction of sp³-hybridized carbons (Fsp3) is 0.533. The molecule has 3 nitrogen and oxygen atoms in total. The molecule has 1 aromatic carbocycles. The summed E-state index contributed by atoms with van der Waals surface area (Å²) in [5.74, 6) is 0.279. The quantitative estimate of drug-likeness (QED) is 0.907. The standard InChI is InChI=1S/C15H19FN2O/c1-11(13-4-6-19-7-5-13)18-10-14-3-2-12(9-17)8-15(14)16/h2-3,8,11,13,18H,4-7,10H2,1H3. The maximum Gasteiger partial charge on any atom is 0.129 e. The average Bonchev–Trinajstić information content (AvgIpc) is 2.46. The van der Waals surface area contributed by atoms with Crippen molar-refractivity contribution >= 4 is 0 Å². The van der Waals surface area contributed by atoms with E-state index in [2.05, 4.69) is 12.2 Å². The third-order valence-electron chi connectivity index (χ3n) is 3.77. The van der Waals surface area contributed by atoms with Crippen LogP contribution in [0.5, 0.6) is 0 Å². The van der Waals surface area contributed by atoms with Crippen LogP contribution in [0.2, 0.25) is 0 Å². The van der Waals surface area contributed by atoms with E-state index in [-0.39, 0.29) is 5.82 Å². The highest BCUT2D eigenvalue weighted by molar-refractivity contribution is 5.32. The van der Waals surface area contributed by atoms with Crippen LogP contribution in [0.25, 0.3) is 0 Å². The monoisotopic (exact) mass is 262 g/mol. The second-order valence-corrected chi connectivity index (χ2v) is 5.04. The van der Waals surface area contributed by atoms with Gasteiger partial charge in [0.2, 0.25) is 0 Å². The number of hydrogen-bond donors (Lipinski definition) is 1. The lowest BCUT2D eigenvalue weighted by molar-refractivity contribution is 0.0557. The molecule has 4 heteroatoms. The third-order valence-corrected chi connectivity index (χ3v) is 3.77. The number of nitriles is 1. The summed E-state index contributed by atoms with van der Waals surface area (Å²) in [5, 5.41) is 12.1. The van der Waals surface area contributed by atoms with Crippen LogP contribution in [-0.4, -0.2) is 19.3 Å². The van der Waals surface area contributed by atoms with Crippen LogP contribution < -0.4 is 5.32 Å². The van der Waals surface area contributed by atoms with Crippen molar-refractivity contribution in [1.82, 2.24) is 5.32 Å². The highest BCUT2D eigenvalue weighted by atomic mass is 19.1. The first-order valence-corrected chi connectivity index (χ1v) is 6.70. The molecule has 0 amide bonds. The average molecular weight is 262 g/mol. The number of halogens is 1. The number of benzene rings is 1. The Morgan fingerprint density at radius 3 is 2.84 bits per heavy atom. The van der Waals surface area contributed by atoms with Crippen LogP contribution in [-0.2, 0) is 11.3 Å². The molecule has 1 saturated heterocycles. The first kappa shape index (κ1) is 14.0. The molecule has 1 aliphatic heterocycles. The first-order valence-electron chi connectivity index (χ1n) is 6.70. The Bertz CT molecular complexity index is 464. The topological polar surface area (TPSA) is 45.0 Å². The van der Waals surface area contributed by atoms with Gasteiger partial charge in [0, 0.05) is 31.4 Å². The van der Waals surface area contributed by atoms with Crippen molar-refractivity contribution in [1.29, 1.82) is 5.26 Å². The zero-order chi connectivity index (χ0) is 13.7. The Labute approximate surface area is 113 Å². The van der Waals surface area contributed by atoms with Gasteiger partial charge in [0.15, 0.2) is 0 Å². The molecule has 1 N–H and O–H groups in total. The molecular formula is C15H19FN2O. The molecule has 0 radical (unpaired) electrons. The van der Waals surface area contributed by atoms with E-state index < -0.39 is 0 Å². The van der Waals surface area contributed by atoms with E-state index in [1.165, 1.54) is 6.07 Å². The van der Waals surface area contributed by atoms with E-state index in [1.54, 1.807) is 12.1 Å². The van der Waals surface area contributed by atoms with Crippen LogP contribution in [0.3, 0.4) is 0 Å². The van der Waals surface area contributed by atoms with Crippen molar-refractivity contribution in [2.75, 3.05) is 13.2 Å². The highest BCUT2D eigenvalue weighted by Gasteiger charge is 2.20. The molecule has 1 atom stereocenters. The van der Waals surface area contributed by atoms with Gasteiger partial charge in [0.05, 0.1) is 11.6 Å². The van der Waals surface area contributed by atoms with E-state index >= 15 is 0 Å². The van der Waals surface area contributed by atoms with Crippen LogP contribution in [0.15, 0.2) is 18.2 Å². The largest absolute Gasteiger partial charge is 0.381 e. The molecule has 1 heterocycles. The Hall–Kier alpha value is -1.44. The van der Waals surface area contributed by atoms with Gasteiger partial charge in [-0.15, -0.1) is 0 Å². The summed E-state index contributed by atoms with van der Waals surface area (Å²) in [6.07, 6.45) is 2.12. The number of ether oxygens (including phenoxy) is 1. The maximum atomic E-state index is 13.7. The molecule has 0 bridgehead atoms. The van der Waals surface area contributed by atoms with Crippen molar-refractivity contribution in [2.45, 2.75) is 32.4 Å². The normalized spacial score (nSPS) is 17.9. The zero-order valence-electron chi connectivity index (χ0n) is 11.2. The number of nitrogens with zero attached hydrogens (tertiary/aromatic N) is 1. The second-order valence-electron chi connectivity index (χ2n) is 5.04. The van der Waals surface area contributed by atoms with Gasteiger partial charge in [0.25, 0.3) is 0 Å². The van der Waals surface area contributed by atoms with E-state index in [0.29, 0.717) is 29.6 Å². The van der Waals surface area contributed by atoms with Crippen LogP contribution in [0.4, 0.5) is 4.39 Å². The Balaban J connectivity index is 1.89. The molecule has 0 aromatic heterocycles. The van der Waals surface area contributed by atoms with E-state index in [4.69, 9.17) is 10.00 Å². The summed E-state index contributed by atoms with van der Waals surface area (Å²) in [7, 11) is 0. The van der Waals surface area contributed by atoms with Gasteiger partial charge in [-0.3, -0.25) is 0 Å². The summed E-state index contributed by atoms with van der Waals surface area (Å²) < 4.78 is 19.1. The molecule has 0 aliphatic carbocycles. The van der Waals surface area contributed by atoms with Crippen molar-refractivity contribution in [3.8, 4) is 6.07 Å². The van der Waals surface area contributed by atoms with Gasteiger partial charge in [0.1, 0.15) is 5.82 Å². The van der Waals surface area contributed by atoms with Gasteiger partial charge in [-0.1, -0.05) is 6.07 Å². The fourth-order valence-electron chi connectivity index (χ4n) is 2.41. The predicted octanol–water partition coefficient (Wildman–Crippen LogP) is 2.60. The summed E-state index contributed by atoms with van der Waals surface area (Å²) in [6, 6.07) is 6.90. The third kappa shape index (κ3) is 3.76. The van der Waals surface area contributed by atoms with Crippen molar-refractivity contribution < 1.29 is 9.13 Å². The minimum Gasteiger partial charge on any atom is -0.381 e. The molecule has 19 heavy (non-hydrogen) atoms. The van der Waals surface area contributed by atoms with Crippen LogP contribution >= 0.6 is 0 Å². The van der Waals surface area contributed by atoms with Gasteiger partial charge in [-0.25, -0.2) is 4.39 Å². The maximum absolute atomic E-state index is 13.7. The van der Waals surface area contributed by atoms with Gasteiger partial charge < -0.3 is 10.1 Å². The molecule has 0 spiro atoms. The van der Waals surface area contributed by atoms with Gasteiger partial charge >= 0.3 is 0 Å². The Morgan fingerprint density at radius 1 is 1.47 bits per heavy atom. The minimum absolute atomic E-state index is 0.314. The lowest BCUT2D eigenvalue weighted by Crippen LogP contribution is -2.36. The summed E-state index contributed by atoms with van der Waals surface area (Å²) >= 11 is 0. The molecule has 102 valence electrons. The van der Waals surface area contributed by atoms with Crippen molar-refractivity contribution in [3.05, 3.63) is 35.1 Å². The van der Waals surface area contributed by atoms with E-state index in [1.807, 2.05) is 6.07 Å². The smallest absolute Gasteiger partial charge is 0.129 e. The highest BCUT2D eigenvalue weighted by Crippen LogP contribution is 2.19. The van der Waals surface area contributed by atoms with Gasteiger partial charge in [-0.2, -0.15) is 5.26 Å². The zero-order valence-corrected chi connectivity index (χ0v) is 11.2. The molecule has 0 saturated carbocycles. The molecule has 1 fully saturated rings. The van der Waals surface area contributed by atoms with Crippen LogP contribution in [0.1, 0.15) is 30.9 Å². The molecule has 2 rings (SSSR count). The number of rotatable bonds is 4. The Morgan fingerprint density at radius 2 is 2.21 bits per heavy atom. The second kappa shape index (κ2) is 6.65. The Kier molecular flexibility index (Phi) is 4.89. The van der Waals surface area contributed by atoms with Crippen molar-refractivity contribution in [2.24, 2.45) is 5.92 Å². The van der Waals surface area contributed by atoms with Crippen molar-refractivity contribution in [3.63, 3.8) is 0 Å². The predicted molar refractivity (Wildman–Crippen MR) is 71.0 cm³/mol. The fourth-order valence-corrected chi connectivity index (χ4v) is 2.41. The van der Waals surface area contributed by atoms with Crippen LogP contribution in [0, 0.1) is 23.1 Å². The lowest BCUT2D eigenvalue weighted by atomic mass is 9.93. The number of hydrogen-bond acceptors (Lipinski definition) is 3. The number of nitrogens with one attached hydrogen (secondary N) is 1. The van der Waals surface area contributed by atoms with E-state index in [9.17, 15) is 4.39 Å². The summed E-state index contributed by atoms with van der Waals surface area (Å²) in [6.45, 7) is 4.28. The summed E-state index contributed by atoms with van der Waals surface area (Å²) in [5.41, 5.74) is 0.969.